The summed E-state index contributed by atoms with van der Waals surface area (Å²) in [5.41, 5.74) is 4.49. The summed E-state index contributed by atoms with van der Waals surface area (Å²) < 4.78 is 10.7. The first-order chi connectivity index (χ1) is 15.5. The van der Waals surface area contributed by atoms with Gasteiger partial charge in [-0.05, 0) is 28.7 Å². The Kier molecular flexibility index (Phi) is 6.41. The van der Waals surface area contributed by atoms with Crippen LogP contribution in [-0.4, -0.2) is 66.4 Å². The molecule has 0 spiro atoms. The number of rotatable bonds is 6. The van der Waals surface area contributed by atoms with Gasteiger partial charge in [-0.1, -0.05) is 55.5 Å². The number of nitrogens with zero attached hydrogens (tertiary/aromatic N) is 1. The highest BCUT2D eigenvalue weighted by molar-refractivity contribution is 5.86. The summed E-state index contributed by atoms with van der Waals surface area (Å²) in [6, 6.07) is 15.3. The van der Waals surface area contributed by atoms with Crippen LogP contribution in [-0.2, 0) is 19.1 Å². The maximum atomic E-state index is 12.8. The number of morpholine rings is 1. The molecule has 1 saturated heterocycles. The normalized spacial score (nSPS) is 18.4. The van der Waals surface area contributed by atoms with Gasteiger partial charge in [-0.25, -0.2) is 9.59 Å². The molecule has 32 heavy (non-hydrogen) atoms. The highest BCUT2D eigenvalue weighted by atomic mass is 16.5. The Morgan fingerprint density at radius 2 is 1.75 bits per heavy atom. The number of carboxylic acids is 1. The Morgan fingerprint density at radius 3 is 2.34 bits per heavy atom. The molecule has 0 aromatic heterocycles. The van der Waals surface area contributed by atoms with E-state index in [1.165, 1.54) is 4.90 Å². The quantitative estimate of drug-likeness (QED) is 0.718. The number of hydrogen-bond donors (Lipinski definition) is 2. The number of amides is 2. The van der Waals surface area contributed by atoms with Crippen LogP contribution in [0.3, 0.4) is 0 Å². The first-order valence-electron chi connectivity index (χ1n) is 10.7. The second-order valence-electron chi connectivity index (χ2n) is 7.91. The van der Waals surface area contributed by atoms with E-state index in [2.05, 4.69) is 17.4 Å². The molecule has 168 valence electrons. The number of benzene rings is 2. The van der Waals surface area contributed by atoms with Crippen molar-refractivity contribution in [3.63, 3.8) is 0 Å². The molecule has 1 heterocycles. The summed E-state index contributed by atoms with van der Waals surface area (Å²) in [5, 5.41) is 11.8. The van der Waals surface area contributed by atoms with Crippen molar-refractivity contribution < 1.29 is 29.0 Å². The van der Waals surface area contributed by atoms with Crippen molar-refractivity contribution in [1.29, 1.82) is 0 Å². The molecule has 2 atom stereocenters. The standard InChI is InChI=1S/C24H26N2O6/c1-2-20(22(27)26-11-12-31-21(13-26)23(28)29)25-24(30)32-14-19-17-9-5-3-7-15(17)16-8-4-6-10-18(16)19/h3-10,19-21H,2,11-14H2,1H3,(H,25,30)(H,28,29)/t20-,21?/m1/s1. The lowest BCUT2D eigenvalue weighted by Crippen LogP contribution is -2.55. The molecule has 2 aromatic carbocycles. The minimum atomic E-state index is -1.11. The summed E-state index contributed by atoms with van der Waals surface area (Å²) >= 11 is 0. The molecule has 2 amide bonds. The summed E-state index contributed by atoms with van der Waals surface area (Å²) in [4.78, 5) is 37.9. The number of hydrogen-bond acceptors (Lipinski definition) is 5. The van der Waals surface area contributed by atoms with Crippen LogP contribution in [0.4, 0.5) is 4.79 Å². The van der Waals surface area contributed by atoms with Gasteiger partial charge in [0.25, 0.3) is 0 Å². The van der Waals surface area contributed by atoms with Gasteiger partial charge in [-0.2, -0.15) is 0 Å². The Bertz CT molecular complexity index is 978. The maximum absolute atomic E-state index is 12.8. The first kappa shape index (κ1) is 21.8. The molecule has 2 aliphatic rings. The van der Waals surface area contributed by atoms with Crippen molar-refractivity contribution in [1.82, 2.24) is 10.2 Å². The number of carbonyl (C=O) groups is 3. The fraction of sp³-hybridized carbons (Fsp3) is 0.375. The van der Waals surface area contributed by atoms with E-state index < -0.39 is 24.2 Å². The predicted octanol–water partition coefficient (Wildman–Crippen LogP) is 2.62. The van der Waals surface area contributed by atoms with Crippen LogP contribution in [0.2, 0.25) is 0 Å². The molecule has 0 bridgehead atoms. The topological polar surface area (TPSA) is 105 Å². The maximum Gasteiger partial charge on any atom is 0.407 e. The number of carboxylic acid groups (broad SMARTS) is 1. The third-order valence-corrected chi connectivity index (χ3v) is 6.00. The highest BCUT2D eigenvalue weighted by Crippen LogP contribution is 2.44. The predicted molar refractivity (Wildman–Crippen MR) is 116 cm³/mol. The van der Waals surface area contributed by atoms with Crippen LogP contribution in [0, 0.1) is 0 Å². The van der Waals surface area contributed by atoms with E-state index in [9.17, 15) is 14.4 Å². The van der Waals surface area contributed by atoms with E-state index in [1.807, 2.05) is 36.4 Å². The molecule has 0 saturated carbocycles. The van der Waals surface area contributed by atoms with E-state index in [-0.39, 0.29) is 38.1 Å². The van der Waals surface area contributed by atoms with Crippen molar-refractivity contribution in [3.05, 3.63) is 59.7 Å². The van der Waals surface area contributed by atoms with Crippen molar-refractivity contribution in [2.75, 3.05) is 26.3 Å². The van der Waals surface area contributed by atoms with Gasteiger partial charge in [0.1, 0.15) is 12.6 Å². The Morgan fingerprint density at radius 1 is 1.12 bits per heavy atom. The van der Waals surface area contributed by atoms with Crippen molar-refractivity contribution in [2.24, 2.45) is 0 Å². The third kappa shape index (κ3) is 4.31. The number of aliphatic carboxylic acids is 1. The Labute approximate surface area is 186 Å². The third-order valence-electron chi connectivity index (χ3n) is 6.00. The van der Waals surface area contributed by atoms with E-state index >= 15 is 0 Å². The smallest absolute Gasteiger partial charge is 0.407 e. The van der Waals surface area contributed by atoms with Crippen molar-refractivity contribution in [3.8, 4) is 11.1 Å². The lowest BCUT2D eigenvalue weighted by molar-refractivity contribution is -0.160. The van der Waals surface area contributed by atoms with Crippen LogP contribution < -0.4 is 5.32 Å². The number of nitrogens with one attached hydrogen (secondary N) is 1. The Hall–Kier alpha value is -3.39. The molecule has 8 heteroatoms. The number of ether oxygens (including phenoxy) is 2. The largest absolute Gasteiger partial charge is 0.479 e. The van der Waals surface area contributed by atoms with Crippen LogP contribution in [0.5, 0.6) is 0 Å². The first-order valence-corrected chi connectivity index (χ1v) is 10.7. The molecule has 2 aromatic rings. The van der Waals surface area contributed by atoms with Gasteiger partial charge in [0.05, 0.1) is 13.2 Å². The van der Waals surface area contributed by atoms with Crippen molar-refractivity contribution in [2.45, 2.75) is 31.4 Å². The second kappa shape index (κ2) is 9.40. The SMILES string of the molecule is CC[C@@H](NC(=O)OCC1c2ccccc2-c2ccccc21)C(=O)N1CCOC(C(=O)O)C1. The van der Waals surface area contributed by atoms with Gasteiger partial charge in [-0.3, -0.25) is 4.79 Å². The highest BCUT2D eigenvalue weighted by Gasteiger charge is 2.33. The van der Waals surface area contributed by atoms with Gasteiger partial charge in [0.2, 0.25) is 5.91 Å². The molecular weight excluding hydrogens is 412 g/mol. The molecule has 0 radical (unpaired) electrons. The lowest BCUT2D eigenvalue weighted by atomic mass is 9.98. The van der Waals surface area contributed by atoms with E-state index in [4.69, 9.17) is 14.6 Å². The number of carbonyl (C=O) groups excluding carboxylic acids is 2. The minimum Gasteiger partial charge on any atom is -0.479 e. The van der Waals surface area contributed by atoms with Gasteiger partial charge in [-0.15, -0.1) is 0 Å². The van der Waals surface area contributed by atoms with Gasteiger partial charge in [0, 0.05) is 12.5 Å². The number of alkyl carbamates (subject to hydrolysis) is 1. The summed E-state index contributed by atoms with van der Waals surface area (Å²) in [5.74, 6) is -1.52. The Balaban J connectivity index is 1.38. The van der Waals surface area contributed by atoms with Crippen LogP contribution in [0.15, 0.2) is 48.5 Å². The number of fused-ring (bicyclic) bond motifs is 3. The average molecular weight is 438 g/mol. The van der Waals surface area contributed by atoms with E-state index in [1.54, 1.807) is 6.92 Å². The molecule has 1 aliphatic carbocycles. The molecular formula is C24H26N2O6. The monoisotopic (exact) mass is 438 g/mol. The van der Waals surface area contributed by atoms with Gasteiger partial charge >= 0.3 is 12.1 Å². The summed E-state index contributed by atoms with van der Waals surface area (Å²) in [6.07, 6.45) is -1.37. The van der Waals surface area contributed by atoms with Gasteiger partial charge < -0.3 is 24.8 Å². The van der Waals surface area contributed by atoms with Crippen LogP contribution >= 0.6 is 0 Å². The zero-order valence-electron chi connectivity index (χ0n) is 17.8. The lowest BCUT2D eigenvalue weighted by Gasteiger charge is -2.33. The molecule has 1 aliphatic heterocycles. The molecule has 4 rings (SSSR count). The zero-order valence-corrected chi connectivity index (χ0v) is 17.8. The van der Waals surface area contributed by atoms with Crippen LogP contribution in [0.25, 0.3) is 11.1 Å². The average Bonchev–Trinajstić information content (AvgIpc) is 3.14. The summed E-state index contributed by atoms with van der Waals surface area (Å²) in [6.45, 7) is 2.32. The van der Waals surface area contributed by atoms with Crippen LogP contribution in [0.1, 0.15) is 30.4 Å². The second-order valence-corrected chi connectivity index (χ2v) is 7.91. The summed E-state index contributed by atoms with van der Waals surface area (Å²) in [7, 11) is 0. The van der Waals surface area contributed by atoms with Gasteiger partial charge in [0.15, 0.2) is 6.10 Å². The molecule has 1 fully saturated rings. The fourth-order valence-electron chi connectivity index (χ4n) is 4.34. The molecule has 8 nitrogen and oxygen atoms in total. The molecule has 1 unspecified atom stereocenters. The van der Waals surface area contributed by atoms with Crippen molar-refractivity contribution >= 4 is 18.0 Å². The van der Waals surface area contributed by atoms with E-state index in [0.717, 1.165) is 22.3 Å². The zero-order chi connectivity index (χ0) is 22.7. The molecule has 2 N–H and O–H groups in total. The van der Waals surface area contributed by atoms with E-state index in [0.29, 0.717) is 6.42 Å². The minimum absolute atomic E-state index is 0.0446. The fourth-order valence-corrected chi connectivity index (χ4v) is 4.34.